The summed E-state index contributed by atoms with van der Waals surface area (Å²) in [5.41, 5.74) is 4.58. The van der Waals surface area contributed by atoms with Crippen LogP contribution < -0.4 is 20.5 Å². The van der Waals surface area contributed by atoms with Crippen LogP contribution in [0, 0.1) is 11.8 Å². The molecule has 7 rings (SSSR count). The molecule has 1 aromatic heterocycles. The molecule has 2 amide bonds. The van der Waals surface area contributed by atoms with E-state index in [0.29, 0.717) is 42.7 Å². The Morgan fingerprint density at radius 1 is 1.07 bits per heavy atom. The van der Waals surface area contributed by atoms with Crippen molar-refractivity contribution in [3.63, 3.8) is 0 Å². The number of nitrogens with two attached hydrogens (primary N) is 1. The maximum atomic E-state index is 13.5. The van der Waals surface area contributed by atoms with Gasteiger partial charge in [0.15, 0.2) is 0 Å². The molecular weight excluding hydrogens is 548 g/mol. The Hall–Kier alpha value is -4.05. The fraction of sp³-hybridized carbons (Fsp3) is 0.400. The van der Waals surface area contributed by atoms with E-state index in [4.69, 9.17) is 26.8 Å². The van der Waals surface area contributed by atoms with Crippen molar-refractivity contribution in [3.05, 3.63) is 76.6 Å². The molecule has 5 atom stereocenters. The molecule has 10 nitrogen and oxygen atoms in total. The molecule has 0 radical (unpaired) electrons. The molecular formula is C30H31ClN4O6. The number of hydrogen-bond donors (Lipinski definition) is 3. The van der Waals surface area contributed by atoms with E-state index >= 15 is 0 Å². The molecule has 4 N–H and O–H groups in total. The minimum Gasteiger partial charge on any atom is -0.496 e. The van der Waals surface area contributed by atoms with Gasteiger partial charge in [-0.15, -0.1) is 0 Å². The number of primary amides is 1. The van der Waals surface area contributed by atoms with E-state index in [1.54, 1.807) is 38.5 Å². The molecule has 4 bridgehead atoms. The van der Waals surface area contributed by atoms with Crippen LogP contribution in [-0.4, -0.2) is 52.6 Å². The summed E-state index contributed by atoms with van der Waals surface area (Å²) in [6.07, 6.45) is 5.69. The van der Waals surface area contributed by atoms with Gasteiger partial charge in [0, 0.05) is 28.8 Å². The third-order valence-electron chi connectivity index (χ3n) is 9.48. The Bertz CT molecular complexity index is 1540. The van der Waals surface area contributed by atoms with Crippen molar-refractivity contribution in [1.29, 1.82) is 0 Å². The lowest BCUT2D eigenvalue weighted by molar-refractivity contribution is -0.167. The Morgan fingerprint density at radius 3 is 2.39 bits per heavy atom. The van der Waals surface area contributed by atoms with Crippen molar-refractivity contribution < 1.29 is 29.0 Å². The van der Waals surface area contributed by atoms with Crippen LogP contribution in [0.1, 0.15) is 53.6 Å². The topological polar surface area (TPSA) is 146 Å². The summed E-state index contributed by atoms with van der Waals surface area (Å²) in [7, 11) is 3.21. The first-order chi connectivity index (χ1) is 19.6. The molecule has 1 heterocycles. The van der Waals surface area contributed by atoms with E-state index in [9.17, 15) is 19.5 Å². The van der Waals surface area contributed by atoms with Crippen LogP contribution in [-0.2, 0) is 15.6 Å². The maximum absolute atomic E-state index is 13.5. The summed E-state index contributed by atoms with van der Waals surface area (Å²) in [5, 5.41) is 18.3. The number of aromatic nitrogens is 2. The predicted octanol–water partition coefficient (Wildman–Crippen LogP) is 4.13. The number of halogens is 1. The Labute approximate surface area is 241 Å². The van der Waals surface area contributed by atoms with Gasteiger partial charge in [0.2, 0.25) is 5.91 Å². The molecule has 4 aliphatic carbocycles. The Morgan fingerprint density at radius 2 is 1.80 bits per heavy atom. The summed E-state index contributed by atoms with van der Waals surface area (Å²) in [5.74, 6) is -1.32. The van der Waals surface area contributed by atoms with Crippen molar-refractivity contribution in [2.45, 2.75) is 48.5 Å². The molecule has 4 fully saturated rings. The average molecular weight is 579 g/mol. The molecule has 4 aliphatic rings. The smallest absolute Gasteiger partial charge is 0.342 e. The molecule has 2 aromatic carbocycles. The van der Waals surface area contributed by atoms with Crippen LogP contribution in [0.5, 0.6) is 11.5 Å². The number of carboxylic acid groups (broad SMARTS) is 1. The average Bonchev–Trinajstić information content (AvgIpc) is 3.46. The van der Waals surface area contributed by atoms with Crippen LogP contribution in [0.2, 0.25) is 5.02 Å². The van der Waals surface area contributed by atoms with Gasteiger partial charge in [0.1, 0.15) is 11.5 Å². The van der Waals surface area contributed by atoms with Gasteiger partial charge >= 0.3 is 12.0 Å². The van der Waals surface area contributed by atoms with Crippen molar-refractivity contribution >= 4 is 29.5 Å². The summed E-state index contributed by atoms with van der Waals surface area (Å²) in [6.45, 7) is 0. The van der Waals surface area contributed by atoms with Gasteiger partial charge in [-0.25, -0.2) is 4.79 Å². The van der Waals surface area contributed by atoms with Crippen molar-refractivity contribution in [2.24, 2.45) is 17.6 Å². The molecule has 5 unspecified atom stereocenters. The lowest BCUT2D eigenvalue weighted by Crippen LogP contribution is -2.75. The number of nitrogens with one attached hydrogen (secondary N) is 1. The van der Waals surface area contributed by atoms with Crippen molar-refractivity contribution in [1.82, 2.24) is 15.1 Å². The number of carboxylic acids is 1. The highest BCUT2D eigenvalue weighted by Gasteiger charge is 2.72. The van der Waals surface area contributed by atoms with E-state index in [0.717, 1.165) is 12.0 Å². The first-order valence-corrected chi connectivity index (χ1v) is 13.8. The van der Waals surface area contributed by atoms with Crippen LogP contribution in [0.3, 0.4) is 0 Å². The normalized spacial score (nSPS) is 29.6. The summed E-state index contributed by atoms with van der Waals surface area (Å²) < 4.78 is 12.9. The first-order valence-electron chi connectivity index (χ1n) is 13.4. The van der Waals surface area contributed by atoms with Gasteiger partial charge in [0.05, 0.1) is 36.3 Å². The number of benzene rings is 2. The van der Waals surface area contributed by atoms with Crippen LogP contribution >= 0.6 is 11.6 Å². The SMILES string of the molecule is COc1cccc(OC)c1C12CC3CC(NC(=O)n4cccn4)(C1)C(C(=O)O)C(c1ccc(C(N)=O)c(Cl)c1)(C3)C2. The largest absolute Gasteiger partial charge is 0.496 e. The van der Waals surface area contributed by atoms with E-state index in [1.165, 1.54) is 17.1 Å². The predicted molar refractivity (Wildman–Crippen MR) is 149 cm³/mol. The highest BCUT2D eigenvalue weighted by Crippen LogP contribution is 2.71. The number of carbonyl (C=O) groups is 3. The molecule has 0 aliphatic heterocycles. The van der Waals surface area contributed by atoms with E-state index in [-0.39, 0.29) is 16.5 Å². The minimum absolute atomic E-state index is 0.0650. The minimum atomic E-state index is -1.13. The van der Waals surface area contributed by atoms with Gasteiger partial charge in [-0.2, -0.15) is 9.78 Å². The molecule has 214 valence electrons. The second kappa shape index (κ2) is 9.51. The van der Waals surface area contributed by atoms with E-state index in [1.807, 2.05) is 18.2 Å². The second-order valence-electron chi connectivity index (χ2n) is 11.7. The van der Waals surface area contributed by atoms with Crippen LogP contribution in [0.25, 0.3) is 0 Å². The third kappa shape index (κ3) is 3.99. The highest BCUT2D eigenvalue weighted by atomic mass is 35.5. The van der Waals surface area contributed by atoms with Gasteiger partial charge in [0.25, 0.3) is 0 Å². The van der Waals surface area contributed by atoms with Gasteiger partial charge in [-0.1, -0.05) is 23.7 Å². The standard InChI is InChI=1S/C30H31ClN4O6/c1-40-21-5-3-6-22(41-2)23(21)28-12-17-13-29(15-28,18-7-8-19(25(32)36)20(31)11-18)24(26(37)38)30(14-17,16-28)34-27(39)35-10-4-9-33-35/h3-11,17,24H,12-16H2,1-2H3,(H2,32,36)(H,34,39)(H,37,38). The number of carbonyl (C=O) groups excluding carboxylic acids is 2. The van der Waals surface area contributed by atoms with Crippen LogP contribution in [0.15, 0.2) is 54.9 Å². The lowest BCUT2D eigenvalue weighted by atomic mass is 9.35. The summed E-state index contributed by atoms with van der Waals surface area (Å²) >= 11 is 6.56. The third-order valence-corrected chi connectivity index (χ3v) is 9.79. The van der Waals surface area contributed by atoms with Gasteiger partial charge in [-0.05, 0) is 73.9 Å². The van der Waals surface area contributed by atoms with E-state index in [2.05, 4.69) is 10.4 Å². The molecule has 0 spiro atoms. The van der Waals surface area contributed by atoms with Crippen LogP contribution in [0.4, 0.5) is 4.79 Å². The van der Waals surface area contributed by atoms with Gasteiger partial charge < -0.3 is 25.6 Å². The zero-order chi connectivity index (χ0) is 29.2. The molecule has 41 heavy (non-hydrogen) atoms. The van der Waals surface area contributed by atoms with Crippen molar-refractivity contribution in [3.8, 4) is 11.5 Å². The van der Waals surface area contributed by atoms with Crippen molar-refractivity contribution in [2.75, 3.05) is 14.2 Å². The van der Waals surface area contributed by atoms with Gasteiger partial charge in [-0.3, -0.25) is 9.59 Å². The Balaban J connectivity index is 1.61. The summed E-state index contributed by atoms with van der Waals surface area (Å²) in [4.78, 5) is 38.9. The quantitative estimate of drug-likeness (QED) is 0.382. The van der Waals surface area contributed by atoms with E-state index < -0.39 is 40.2 Å². The second-order valence-corrected chi connectivity index (χ2v) is 12.1. The summed E-state index contributed by atoms with van der Waals surface area (Å²) in [6, 6.07) is 11.7. The first kappa shape index (κ1) is 27.1. The number of methoxy groups -OCH3 is 2. The number of hydrogen-bond acceptors (Lipinski definition) is 6. The monoisotopic (exact) mass is 578 g/mol. The molecule has 3 aromatic rings. The number of rotatable bonds is 7. The molecule has 4 saturated carbocycles. The zero-order valence-corrected chi connectivity index (χ0v) is 23.5. The molecule has 11 heteroatoms. The Kier molecular flexibility index (Phi) is 6.29. The number of ether oxygens (including phenoxy) is 2. The number of aliphatic carboxylic acids is 1. The number of nitrogens with zero attached hydrogens (tertiary/aromatic N) is 2. The highest BCUT2D eigenvalue weighted by molar-refractivity contribution is 6.33. The zero-order valence-electron chi connectivity index (χ0n) is 22.7. The molecule has 0 saturated heterocycles. The fourth-order valence-electron chi connectivity index (χ4n) is 8.69. The maximum Gasteiger partial charge on any atom is 0.342 e. The lowest BCUT2D eigenvalue weighted by Gasteiger charge is -2.69. The fourth-order valence-corrected chi connectivity index (χ4v) is 8.96. The number of amides is 2.